The minimum Gasteiger partial charge on any atom is -0.497 e. The van der Waals surface area contributed by atoms with Gasteiger partial charge in [0.05, 0.1) is 14.2 Å². The van der Waals surface area contributed by atoms with E-state index in [0.717, 1.165) is 81.3 Å². The van der Waals surface area contributed by atoms with E-state index in [1.807, 2.05) is 30.3 Å². The molecule has 2 fully saturated rings. The molecule has 0 radical (unpaired) electrons. The summed E-state index contributed by atoms with van der Waals surface area (Å²) in [7, 11) is 3.40. The van der Waals surface area contributed by atoms with Crippen LogP contribution in [0.1, 0.15) is 36.4 Å². The third-order valence-corrected chi connectivity index (χ3v) is 6.67. The molecule has 2 aromatic carbocycles. The smallest absolute Gasteiger partial charge is 0.244 e. The first-order chi connectivity index (χ1) is 15.7. The van der Waals surface area contributed by atoms with Gasteiger partial charge in [0.25, 0.3) is 0 Å². The zero-order valence-electron chi connectivity index (χ0n) is 19.3. The van der Waals surface area contributed by atoms with E-state index in [9.17, 15) is 4.79 Å². The van der Waals surface area contributed by atoms with Crippen molar-refractivity contribution in [3.63, 3.8) is 0 Å². The monoisotopic (exact) mass is 437 g/mol. The van der Waals surface area contributed by atoms with Crippen LogP contribution in [0.3, 0.4) is 0 Å². The van der Waals surface area contributed by atoms with Crippen LogP contribution in [0.25, 0.3) is 0 Å². The van der Waals surface area contributed by atoms with Gasteiger partial charge in [-0.25, -0.2) is 0 Å². The van der Waals surface area contributed by atoms with Gasteiger partial charge in [-0.3, -0.25) is 14.6 Å². The molecule has 2 aliphatic heterocycles. The highest BCUT2D eigenvalue weighted by molar-refractivity contribution is 5.83. The molecule has 2 aromatic rings. The van der Waals surface area contributed by atoms with Crippen molar-refractivity contribution in [2.24, 2.45) is 0 Å². The number of nitrogens with zero attached hydrogens (tertiary/aromatic N) is 3. The number of benzene rings is 2. The normalized spacial score (nSPS) is 18.9. The molecule has 0 bridgehead atoms. The van der Waals surface area contributed by atoms with Gasteiger partial charge in [-0.2, -0.15) is 0 Å². The maximum Gasteiger partial charge on any atom is 0.244 e. The SMILES string of the molecule is COc1ccc(OC)c(CN2CCN(C(C(=O)N3CCCCC3)c3ccccc3)CC2)c1. The van der Waals surface area contributed by atoms with Gasteiger partial charge in [0.2, 0.25) is 5.91 Å². The van der Waals surface area contributed by atoms with Crippen molar-refractivity contribution in [2.75, 3.05) is 53.5 Å². The topological polar surface area (TPSA) is 45.3 Å². The van der Waals surface area contributed by atoms with Crippen molar-refractivity contribution < 1.29 is 14.3 Å². The first kappa shape index (κ1) is 22.6. The number of rotatable bonds is 7. The largest absolute Gasteiger partial charge is 0.497 e. The molecular formula is C26H35N3O3. The molecule has 0 N–H and O–H groups in total. The second-order valence-corrected chi connectivity index (χ2v) is 8.69. The van der Waals surface area contributed by atoms with Crippen molar-refractivity contribution in [1.82, 2.24) is 14.7 Å². The number of carbonyl (C=O) groups excluding carboxylic acids is 1. The van der Waals surface area contributed by atoms with E-state index in [4.69, 9.17) is 9.47 Å². The van der Waals surface area contributed by atoms with Crippen LogP contribution in [-0.2, 0) is 11.3 Å². The first-order valence-electron chi connectivity index (χ1n) is 11.7. The summed E-state index contributed by atoms with van der Waals surface area (Å²) < 4.78 is 11.0. The molecule has 1 amide bonds. The molecule has 6 nitrogen and oxygen atoms in total. The van der Waals surface area contributed by atoms with Crippen molar-refractivity contribution >= 4 is 5.91 Å². The highest BCUT2D eigenvalue weighted by Crippen LogP contribution is 2.29. The number of hydrogen-bond donors (Lipinski definition) is 0. The van der Waals surface area contributed by atoms with Gasteiger partial charge in [0.15, 0.2) is 0 Å². The van der Waals surface area contributed by atoms with Crippen molar-refractivity contribution in [3.8, 4) is 11.5 Å². The Kier molecular flexibility index (Phi) is 7.66. The zero-order valence-corrected chi connectivity index (χ0v) is 19.3. The predicted octanol–water partition coefficient (Wildman–Crippen LogP) is 3.58. The highest BCUT2D eigenvalue weighted by Gasteiger charge is 2.33. The Morgan fingerprint density at radius 3 is 2.25 bits per heavy atom. The molecule has 2 saturated heterocycles. The number of methoxy groups -OCH3 is 2. The average molecular weight is 438 g/mol. The lowest BCUT2D eigenvalue weighted by atomic mass is 10.0. The maximum atomic E-state index is 13.6. The van der Waals surface area contributed by atoms with Gasteiger partial charge < -0.3 is 14.4 Å². The molecule has 2 aliphatic rings. The molecule has 172 valence electrons. The van der Waals surface area contributed by atoms with Crippen LogP contribution >= 0.6 is 0 Å². The molecule has 1 atom stereocenters. The number of hydrogen-bond acceptors (Lipinski definition) is 5. The summed E-state index contributed by atoms with van der Waals surface area (Å²) in [4.78, 5) is 20.4. The number of carbonyl (C=O) groups is 1. The van der Waals surface area contributed by atoms with Gasteiger partial charge >= 0.3 is 0 Å². The summed E-state index contributed by atoms with van der Waals surface area (Å²) in [6, 6.07) is 16.0. The van der Waals surface area contributed by atoms with Crippen molar-refractivity contribution in [1.29, 1.82) is 0 Å². The third-order valence-electron chi connectivity index (χ3n) is 6.67. The molecule has 0 aliphatic carbocycles. The van der Waals surface area contributed by atoms with Crippen LogP contribution < -0.4 is 9.47 Å². The van der Waals surface area contributed by atoms with Crippen LogP contribution in [0.4, 0.5) is 0 Å². The summed E-state index contributed by atoms with van der Waals surface area (Å²) in [5, 5.41) is 0. The van der Waals surface area contributed by atoms with Crippen molar-refractivity contribution in [2.45, 2.75) is 31.8 Å². The van der Waals surface area contributed by atoms with E-state index in [1.54, 1.807) is 14.2 Å². The van der Waals surface area contributed by atoms with Crippen LogP contribution in [-0.4, -0.2) is 74.1 Å². The highest BCUT2D eigenvalue weighted by atomic mass is 16.5. The summed E-state index contributed by atoms with van der Waals surface area (Å²) in [5.41, 5.74) is 2.23. The van der Waals surface area contributed by atoms with Gasteiger partial charge in [-0.05, 0) is 43.0 Å². The number of piperazine rings is 1. The van der Waals surface area contributed by atoms with E-state index in [0.29, 0.717) is 0 Å². The second kappa shape index (κ2) is 10.8. The van der Waals surface area contributed by atoms with Crippen LogP contribution in [0, 0.1) is 0 Å². The van der Waals surface area contributed by atoms with Crippen molar-refractivity contribution in [3.05, 3.63) is 59.7 Å². The molecule has 6 heteroatoms. The fraction of sp³-hybridized carbons (Fsp3) is 0.500. The minimum absolute atomic E-state index is 0.192. The third kappa shape index (κ3) is 5.25. The molecule has 4 rings (SSSR count). The molecular weight excluding hydrogens is 402 g/mol. The lowest BCUT2D eigenvalue weighted by Gasteiger charge is -2.41. The van der Waals surface area contributed by atoms with Crippen LogP contribution in [0.5, 0.6) is 11.5 Å². The summed E-state index contributed by atoms with van der Waals surface area (Å²) in [5.74, 6) is 1.99. The summed E-state index contributed by atoms with van der Waals surface area (Å²) in [6.45, 7) is 6.14. The quantitative estimate of drug-likeness (QED) is 0.663. The zero-order chi connectivity index (χ0) is 22.3. The lowest BCUT2D eigenvalue weighted by molar-refractivity contribution is -0.139. The van der Waals surface area contributed by atoms with E-state index in [-0.39, 0.29) is 11.9 Å². The number of ether oxygens (including phenoxy) is 2. The fourth-order valence-corrected chi connectivity index (χ4v) is 4.86. The maximum absolute atomic E-state index is 13.6. The molecule has 0 aromatic heterocycles. The van der Waals surface area contributed by atoms with E-state index >= 15 is 0 Å². The van der Waals surface area contributed by atoms with E-state index in [2.05, 4.69) is 32.9 Å². The predicted molar refractivity (Wildman–Crippen MR) is 126 cm³/mol. The second-order valence-electron chi connectivity index (χ2n) is 8.69. The minimum atomic E-state index is -0.192. The fourth-order valence-electron chi connectivity index (χ4n) is 4.86. The van der Waals surface area contributed by atoms with E-state index < -0.39 is 0 Å². The number of amides is 1. The standard InChI is InChI=1S/C26H35N3O3/c1-31-23-11-12-24(32-2)22(19-23)20-27-15-17-28(18-16-27)25(21-9-5-3-6-10-21)26(30)29-13-7-4-8-14-29/h3,5-6,9-12,19,25H,4,7-8,13-18,20H2,1-2H3. The number of piperidine rings is 1. The molecule has 0 spiro atoms. The van der Waals surface area contributed by atoms with Crippen LogP contribution in [0.2, 0.25) is 0 Å². The summed E-state index contributed by atoms with van der Waals surface area (Å²) in [6.07, 6.45) is 3.46. The average Bonchev–Trinajstić information content (AvgIpc) is 2.86. The Hall–Kier alpha value is -2.57. The Labute approximate surface area is 191 Å². The van der Waals surface area contributed by atoms with E-state index in [1.165, 1.54) is 6.42 Å². The molecule has 1 unspecified atom stereocenters. The summed E-state index contributed by atoms with van der Waals surface area (Å²) >= 11 is 0. The van der Waals surface area contributed by atoms with Gasteiger partial charge in [0, 0.05) is 51.4 Å². The Morgan fingerprint density at radius 1 is 0.875 bits per heavy atom. The molecule has 2 heterocycles. The van der Waals surface area contributed by atoms with Crippen LogP contribution in [0.15, 0.2) is 48.5 Å². The Balaban J connectivity index is 1.45. The Bertz CT molecular complexity index is 875. The number of likely N-dealkylation sites (tertiary alicyclic amines) is 1. The Morgan fingerprint density at radius 2 is 1.59 bits per heavy atom. The van der Waals surface area contributed by atoms with Gasteiger partial charge in [0.1, 0.15) is 17.5 Å². The molecule has 32 heavy (non-hydrogen) atoms. The first-order valence-corrected chi connectivity index (χ1v) is 11.7. The van der Waals surface area contributed by atoms with Gasteiger partial charge in [-0.15, -0.1) is 0 Å². The lowest BCUT2D eigenvalue weighted by Crippen LogP contribution is -2.52. The molecule has 0 saturated carbocycles. The van der Waals surface area contributed by atoms with Gasteiger partial charge in [-0.1, -0.05) is 30.3 Å².